The molecule has 0 atom stereocenters. The molecule has 0 bridgehead atoms. The lowest BCUT2D eigenvalue weighted by atomic mass is 10.1. The highest BCUT2D eigenvalue weighted by Crippen LogP contribution is 2.21. The van der Waals surface area contributed by atoms with E-state index in [1.54, 1.807) is 29.5 Å². The summed E-state index contributed by atoms with van der Waals surface area (Å²) >= 11 is 1.62. The van der Waals surface area contributed by atoms with Crippen molar-refractivity contribution in [3.63, 3.8) is 0 Å². The molecule has 0 saturated heterocycles. The molecule has 2 aromatic rings. The van der Waals surface area contributed by atoms with Crippen LogP contribution in [0.15, 0.2) is 36.4 Å². The molecule has 0 fully saturated rings. The predicted molar refractivity (Wildman–Crippen MR) is 95.6 cm³/mol. The van der Waals surface area contributed by atoms with Gasteiger partial charge < -0.3 is 5.11 Å². The van der Waals surface area contributed by atoms with E-state index in [9.17, 15) is 13.2 Å². The van der Waals surface area contributed by atoms with Gasteiger partial charge in [-0.1, -0.05) is 31.2 Å². The molecule has 0 radical (unpaired) electrons. The van der Waals surface area contributed by atoms with Gasteiger partial charge in [-0.25, -0.2) is 8.42 Å². The Hall–Kier alpha value is -1.70. The second-order valence-corrected chi connectivity index (χ2v) is 8.88. The van der Waals surface area contributed by atoms with E-state index >= 15 is 0 Å². The molecule has 5 nitrogen and oxygen atoms in total. The number of aryl methyl sites for hydroxylation is 1. The molecule has 0 unspecified atom stereocenters. The Morgan fingerprint density at radius 3 is 2.38 bits per heavy atom. The van der Waals surface area contributed by atoms with Crippen molar-refractivity contribution in [2.45, 2.75) is 32.9 Å². The van der Waals surface area contributed by atoms with Gasteiger partial charge in [-0.2, -0.15) is 4.31 Å². The van der Waals surface area contributed by atoms with E-state index in [-0.39, 0.29) is 13.0 Å². The minimum atomic E-state index is -3.37. The maximum Gasteiger partial charge on any atom is 0.307 e. The van der Waals surface area contributed by atoms with Crippen LogP contribution in [0.4, 0.5) is 0 Å². The summed E-state index contributed by atoms with van der Waals surface area (Å²) in [6.07, 6.45) is 2.06. The van der Waals surface area contributed by atoms with Gasteiger partial charge in [-0.05, 0) is 29.7 Å². The van der Waals surface area contributed by atoms with Gasteiger partial charge in [-0.15, -0.1) is 11.3 Å². The van der Waals surface area contributed by atoms with Crippen LogP contribution >= 0.6 is 11.3 Å². The van der Waals surface area contributed by atoms with E-state index in [0.717, 1.165) is 16.9 Å². The molecule has 130 valence electrons. The molecular weight excluding hydrogens is 346 g/mol. The summed E-state index contributed by atoms with van der Waals surface area (Å²) in [6.45, 7) is 2.62. The number of carboxylic acid groups (broad SMARTS) is 1. The quantitative estimate of drug-likeness (QED) is 0.778. The molecule has 1 N–H and O–H groups in total. The Bertz CT molecular complexity index is 812. The molecule has 2 rings (SSSR count). The van der Waals surface area contributed by atoms with E-state index in [2.05, 4.69) is 6.92 Å². The lowest BCUT2D eigenvalue weighted by molar-refractivity contribution is -0.136. The van der Waals surface area contributed by atoms with Gasteiger partial charge in [-0.3, -0.25) is 4.79 Å². The first kappa shape index (κ1) is 18.6. The largest absolute Gasteiger partial charge is 0.481 e. The number of nitrogens with zero attached hydrogens (tertiary/aromatic N) is 1. The molecule has 0 aliphatic carbocycles. The van der Waals surface area contributed by atoms with Gasteiger partial charge in [0.25, 0.3) is 0 Å². The van der Waals surface area contributed by atoms with Gasteiger partial charge in [0.05, 0.1) is 12.7 Å². The number of hydrogen-bond donors (Lipinski definition) is 1. The Morgan fingerprint density at radius 1 is 1.12 bits per heavy atom. The maximum absolute atomic E-state index is 12.1. The molecular formula is C17H21NO4S2. The van der Waals surface area contributed by atoms with Crippen molar-refractivity contribution in [1.29, 1.82) is 0 Å². The molecule has 0 amide bonds. The second kappa shape index (κ2) is 7.92. The summed E-state index contributed by atoms with van der Waals surface area (Å²) in [4.78, 5) is 13.1. The topological polar surface area (TPSA) is 74.7 Å². The zero-order chi connectivity index (χ0) is 17.7. The van der Waals surface area contributed by atoms with Crippen molar-refractivity contribution in [3.05, 3.63) is 57.3 Å². The van der Waals surface area contributed by atoms with Gasteiger partial charge in [0, 0.05) is 22.8 Å². The van der Waals surface area contributed by atoms with Crippen molar-refractivity contribution in [2.75, 3.05) is 6.26 Å². The van der Waals surface area contributed by atoms with Crippen LogP contribution in [0.5, 0.6) is 0 Å². The number of hydrogen-bond acceptors (Lipinski definition) is 4. The number of carboxylic acids is 1. The van der Waals surface area contributed by atoms with Crippen LogP contribution in [0.2, 0.25) is 0 Å². The highest BCUT2D eigenvalue weighted by molar-refractivity contribution is 7.88. The van der Waals surface area contributed by atoms with Crippen LogP contribution in [0.25, 0.3) is 0 Å². The fraction of sp³-hybridized carbons (Fsp3) is 0.353. The minimum Gasteiger partial charge on any atom is -0.481 e. The van der Waals surface area contributed by atoms with Crippen molar-refractivity contribution in [1.82, 2.24) is 4.31 Å². The molecule has 24 heavy (non-hydrogen) atoms. The van der Waals surface area contributed by atoms with Gasteiger partial charge in [0.15, 0.2) is 0 Å². The van der Waals surface area contributed by atoms with Crippen LogP contribution in [0.1, 0.15) is 27.8 Å². The number of aliphatic carboxylic acids is 1. The number of rotatable bonds is 8. The minimum absolute atomic E-state index is 0.0719. The number of carbonyl (C=O) groups is 1. The van der Waals surface area contributed by atoms with Gasteiger partial charge in [0.2, 0.25) is 10.0 Å². The standard InChI is InChI=1S/C17H21NO4S2/c1-3-15-7-8-16(23-15)12-18(24(2,21)22)11-14-6-4-5-13(9-14)10-17(19)20/h4-9H,3,10-12H2,1-2H3,(H,19,20). The summed E-state index contributed by atoms with van der Waals surface area (Å²) in [6, 6.07) is 11.0. The van der Waals surface area contributed by atoms with Crippen LogP contribution in [0.3, 0.4) is 0 Å². The first-order chi connectivity index (χ1) is 11.3. The Kier molecular flexibility index (Phi) is 6.15. The molecule has 0 aliphatic rings. The lowest BCUT2D eigenvalue weighted by Gasteiger charge is -2.19. The number of benzene rings is 1. The van der Waals surface area contributed by atoms with Crippen LogP contribution in [-0.2, 0) is 40.7 Å². The first-order valence-electron chi connectivity index (χ1n) is 7.60. The average molecular weight is 367 g/mol. The van der Waals surface area contributed by atoms with Gasteiger partial charge >= 0.3 is 5.97 Å². The lowest BCUT2D eigenvalue weighted by Crippen LogP contribution is -2.28. The maximum atomic E-state index is 12.1. The van der Waals surface area contributed by atoms with Gasteiger partial charge in [0.1, 0.15) is 0 Å². The Labute approximate surface area is 146 Å². The van der Waals surface area contributed by atoms with Crippen LogP contribution < -0.4 is 0 Å². The third-order valence-corrected chi connectivity index (χ3v) is 5.98. The molecule has 1 heterocycles. The number of thiophene rings is 1. The first-order valence-corrected chi connectivity index (χ1v) is 10.3. The molecule has 7 heteroatoms. The normalized spacial score (nSPS) is 11.8. The Balaban J connectivity index is 2.19. The van der Waals surface area contributed by atoms with E-state index < -0.39 is 16.0 Å². The van der Waals surface area contributed by atoms with E-state index in [4.69, 9.17) is 5.11 Å². The highest BCUT2D eigenvalue weighted by Gasteiger charge is 2.18. The average Bonchev–Trinajstić information content (AvgIpc) is 2.93. The molecule has 1 aromatic heterocycles. The summed E-state index contributed by atoms with van der Waals surface area (Å²) in [7, 11) is -3.37. The SMILES string of the molecule is CCc1ccc(CN(Cc2cccc(CC(=O)O)c2)S(C)(=O)=O)s1. The third-order valence-electron chi connectivity index (χ3n) is 3.57. The van der Waals surface area contributed by atoms with Crippen molar-refractivity contribution in [3.8, 4) is 0 Å². The van der Waals surface area contributed by atoms with Crippen LogP contribution in [-0.4, -0.2) is 30.1 Å². The monoisotopic (exact) mass is 367 g/mol. The fourth-order valence-corrected chi connectivity index (χ4v) is 4.19. The number of sulfonamides is 1. The summed E-state index contributed by atoms with van der Waals surface area (Å²) < 4.78 is 25.6. The van der Waals surface area contributed by atoms with E-state index in [1.807, 2.05) is 18.2 Å². The van der Waals surface area contributed by atoms with Crippen molar-refractivity contribution < 1.29 is 18.3 Å². The van der Waals surface area contributed by atoms with Crippen LogP contribution in [0, 0.1) is 0 Å². The van der Waals surface area contributed by atoms with E-state index in [0.29, 0.717) is 12.1 Å². The zero-order valence-electron chi connectivity index (χ0n) is 13.7. The zero-order valence-corrected chi connectivity index (χ0v) is 15.4. The molecule has 0 saturated carbocycles. The molecule has 1 aromatic carbocycles. The molecule has 0 spiro atoms. The third kappa shape index (κ3) is 5.43. The fourth-order valence-electron chi connectivity index (χ4n) is 2.38. The van der Waals surface area contributed by atoms with Crippen molar-refractivity contribution >= 4 is 27.3 Å². The summed E-state index contributed by atoms with van der Waals surface area (Å²) in [5.74, 6) is -0.905. The summed E-state index contributed by atoms with van der Waals surface area (Å²) in [5.41, 5.74) is 1.45. The predicted octanol–water partition coefficient (Wildman–Crippen LogP) is 2.90. The summed E-state index contributed by atoms with van der Waals surface area (Å²) in [5, 5.41) is 8.88. The molecule has 0 aliphatic heterocycles. The smallest absolute Gasteiger partial charge is 0.307 e. The Morgan fingerprint density at radius 2 is 1.79 bits per heavy atom. The van der Waals surface area contributed by atoms with Crippen molar-refractivity contribution in [2.24, 2.45) is 0 Å². The highest BCUT2D eigenvalue weighted by atomic mass is 32.2. The van der Waals surface area contributed by atoms with E-state index in [1.165, 1.54) is 15.4 Å². The second-order valence-electron chi connectivity index (χ2n) is 5.64.